The molecule has 3 aromatic carbocycles. The summed E-state index contributed by atoms with van der Waals surface area (Å²) in [6.45, 7) is 5.61. The van der Waals surface area contributed by atoms with Gasteiger partial charge in [0.05, 0.1) is 12.0 Å². The Balaban J connectivity index is 1.35. The SMILES string of the molecule is CC(C)(C)OC(=O)NCc1cccc(C[C@H](NC(=O)OCC2c3ccccc3-c3ccccc32)C(=O)[O-])c1. The second-order valence-corrected chi connectivity index (χ2v) is 10.2. The van der Waals surface area contributed by atoms with Gasteiger partial charge in [-0.15, -0.1) is 0 Å². The maximum Gasteiger partial charge on any atom is 0.407 e. The lowest BCUT2D eigenvalue weighted by atomic mass is 9.98. The molecule has 0 saturated heterocycles. The minimum absolute atomic E-state index is 0.00714. The molecule has 0 radical (unpaired) electrons. The molecule has 1 atom stereocenters. The van der Waals surface area contributed by atoms with Crippen LogP contribution < -0.4 is 15.7 Å². The van der Waals surface area contributed by atoms with Crippen LogP contribution in [0.5, 0.6) is 0 Å². The first-order valence-corrected chi connectivity index (χ1v) is 12.5. The third-order valence-electron chi connectivity index (χ3n) is 6.19. The average molecular weight is 516 g/mol. The van der Waals surface area contributed by atoms with Crippen molar-refractivity contribution in [3.8, 4) is 11.1 Å². The molecule has 4 rings (SSSR count). The fourth-order valence-corrected chi connectivity index (χ4v) is 4.57. The van der Waals surface area contributed by atoms with Crippen LogP contribution in [0.1, 0.15) is 48.9 Å². The van der Waals surface area contributed by atoms with E-state index in [2.05, 4.69) is 10.6 Å². The van der Waals surface area contributed by atoms with Gasteiger partial charge >= 0.3 is 12.2 Å². The normalized spacial score (nSPS) is 13.1. The molecule has 0 aromatic heterocycles. The number of hydrogen-bond acceptors (Lipinski definition) is 6. The van der Waals surface area contributed by atoms with Crippen LogP contribution in [0.2, 0.25) is 0 Å². The molecule has 0 bridgehead atoms. The van der Waals surface area contributed by atoms with Gasteiger partial charge in [0.2, 0.25) is 0 Å². The fourth-order valence-electron chi connectivity index (χ4n) is 4.57. The van der Waals surface area contributed by atoms with Crippen LogP contribution in [-0.2, 0) is 27.2 Å². The van der Waals surface area contributed by atoms with Crippen molar-refractivity contribution in [1.82, 2.24) is 10.6 Å². The number of fused-ring (bicyclic) bond motifs is 3. The first kappa shape index (κ1) is 26.7. The Morgan fingerprint density at radius 2 is 1.47 bits per heavy atom. The summed E-state index contributed by atoms with van der Waals surface area (Å²) in [5.74, 6) is -1.56. The van der Waals surface area contributed by atoms with E-state index >= 15 is 0 Å². The van der Waals surface area contributed by atoms with Crippen LogP contribution in [0.25, 0.3) is 11.1 Å². The largest absolute Gasteiger partial charge is 0.548 e. The monoisotopic (exact) mass is 515 g/mol. The number of ether oxygens (including phenoxy) is 2. The van der Waals surface area contributed by atoms with Crippen LogP contribution in [0, 0.1) is 0 Å². The number of rotatable bonds is 8. The Bertz CT molecular complexity index is 1280. The van der Waals surface area contributed by atoms with Crippen LogP contribution in [-0.4, -0.2) is 36.4 Å². The van der Waals surface area contributed by atoms with Gasteiger partial charge in [0.25, 0.3) is 0 Å². The van der Waals surface area contributed by atoms with E-state index in [1.165, 1.54) is 0 Å². The minimum Gasteiger partial charge on any atom is -0.548 e. The number of carbonyl (C=O) groups is 3. The maximum absolute atomic E-state index is 12.6. The molecule has 0 aliphatic heterocycles. The molecule has 198 valence electrons. The molecule has 3 aromatic rings. The molecule has 1 aliphatic rings. The number of aliphatic carboxylic acids is 1. The summed E-state index contributed by atoms with van der Waals surface area (Å²) in [5.41, 5.74) is 5.13. The molecule has 0 spiro atoms. The number of carboxylic acid groups (broad SMARTS) is 1. The number of carbonyl (C=O) groups excluding carboxylic acids is 3. The quantitative estimate of drug-likeness (QED) is 0.470. The fraction of sp³-hybridized carbons (Fsp3) is 0.300. The smallest absolute Gasteiger partial charge is 0.407 e. The molecular weight excluding hydrogens is 484 g/mol. The number of amides is 2. The molecule has 38 heavy (non-hydrogen) atoms. The molecule has 8 nitrogen and oxygen atoms in total. The average Bonchev–Trinajstić information content (AvgIpc) is 3.19. The molecule has 0 fully saturated rings. The van der Waals surface area contributed by atoms with Gasteiger partial charge in [-0.3, -0.25) is 0 Å². The van der Waals surface area contributed by atoms with E-state index in [0.29, 0.717) is 5.56 Å². The van der Waals surface area contributed by atoms with Gasteiger partial charge < -0.3 is 30.0 Å². The summed E-state index contributed by atoms with van der Waals surface area (Å²) in [6, 6.07) is 21.7. The molecule has 8 heteroatoms. The van der Waals surface area contributed by atoms with Gasteiger partial charge in [-0.1, -0.05) is 72.8 Å². The van der Waals surface area contributed by atoms with Crippen molar-refractivity contribution in [3.05, 3.63) is 95.1 Å². The van der Waals surface area contributed by atoms with Crippen molar-refractivity contribution >= 4 is 18.2 Å². The highest BCUT2D eigenvalue weighted by molar-refractivity contribution is 5.80. The minimum atomic E-state index is -1.42. The number of alkyl carbamates (subject to hydrolysis) is 2. The number of carboxylic acids is 1. The summed E-state index contributed by atoms with van der Waals surface area (Å²) in [6.07, 6.45) is -1.39. The van der Waals surface area contributed by atoms with Gasteiger partial charge in [0, 0.05) is 12.5 Å². The van der Waals surface area contributed by atoms with E-state index in [4.69, 9.17) is 9.47 Å². The predicted molar refractivity (Wildman–Crippen MR) is 140 cm³/mol. The standard InChI is InChI=1S/C30H32N2O6/c1-30(2,3)38-28(35)31-17-20-10-8-9-19(15-20)16-26(27(33)34)32-29(36)37-18-25-23-13-6-4-11-21(23)22-12-5-7-14-24(22)25/h4-15,25-26H,16-18H2,1-3H3,(H,31,35)(H,32,36)(H,33,34)/p-1/t26-/m0/s1. The summed E-state index contributed by atoms with van der Waals surface area (Å²) in [5, 5.41) is 16.9. The van der Waals surface area contributed by atoms with Gasteiger partial charge in [-0.25, -0.2) is 9.59 Å². The van der Waals surface area contributed by atoms with Crippen molar-refractivity contribution in [2.75, 3.05) is 6.61 Å². The zero-order valence-electron chi connectivity index (χ0n) is 21.7. The summed E-state index contributed by atoms with van der Waals surface area (Å²) in [4.78, 5) is 36.3. The number of hydrogen-bond donors (Lipinski definition) is 2. The van der Waals surface area contributed by atoms with Crippen molar-refractivity contribution in [3.63, 3.8) is 0 Å². The third kappa shape index (κ3) is 6.70. The maximum atomic E-state index is 12.6. The summed E-state index contributed by atoms with van der Waals surface area (Å²) < 4.78 is 10.7. The summed E-state index contributed by atoms with van der Waals surface area (Å²) in [7, 11) is 0. The molecule has 0 unspecified atom stereocenters. The zero-order chi connectivity index (χ0) is 27.3. The first-order valence-electron chi connectivity index (χ1n) is 12.5. The van der Waals surface area contributed by atoms with Gasteiger partial charge in [0.15, 0.2) is 0 Å². The molecule has 0 saturated carbocycles. The van der Waals surface area contributed by atoms with Crippen LogP contribution in [0.15, 0.2) is 72.8 Å². The lowest BCUT2D eigenvalue weighted by Crippen LogP contribution is -2.49. The number of benzene rings is 3. The Morgan fingerprint density at radius 3 is 2.08 bits per heavy atom. The van der Waals surface area contributed by atoms with Gasteiger partial charge in [-0.05, 0) is 60.6 Å². The second-order valence-electron chi connectivity index (χ2n) is 10.2. The van der Waals surface area contributed by atoms with E-state index in [0.717, 1.165) is 27.8 Å². The van der Waals surface area contributed by atoms with Gasteiger partial charge in [-0.2, -0.15) is 0 Å². The van der Waals surface area contributed by atoms with E-state index in [1.807, 2.05) is 48.5 Å². The first-order chi connectivity index (χ1) is 18.1. The Kier molecular flexibility index (Phi) is 8.00. The molecule has 0 heterocycles. The molecule has 2 amide bonds. The Morgan fingerprint density at radius 1 is 0.868 bits per heavy atom. The number of nitrogens with one attached hydrogen (secondary N) is 2. The molecule has 2 N–H and O–H groups in total. The van der Waals surface area contributed by atoms with E-state index in [9.17, 15) is 19.5 Å². The van der Waals surface area contributed by atoms with E-state index in [1.54, 1.807) is 45.0 Å². The zero-order valence-corrected chi connectivity index (χ0v) is 21.7. The van der Waals surface area contributed by atoms with Crippen LogP contribution in [0.3, 0.4) is 0 Å². The molecular formula is C30H31N2O6-. The van der Waals surface area contributed by atoms with Crippen molar-refractivity contribution in [2.45, 2.75) is 51.3 Å². The van der Waals surface area contributed by atoms with E-state index in [-0.39, 0.29) is 25.5 Å². The summed E-state index contributed by atoms with van der Waals surface area (Å²) >= 11 is 0. The van der Waals surface area contributed by atoms with Crippen molar-refractivity contribution in [1.29, 1.82) is 0 Å². The third-order valence-corrected chi connectivity index (χ3v) is 6.19. The highest BCUT2D eigenvalue weighted by Crippen LogP contribution is 2.44. The second kappa shape index (κ2) is 11.4. The lowest BCUT2D eigenvalue weighted by Gasteiger charge is -2.21. The van der Waals surface area contributed by atoms with Crippen molar-refractivity contribution < 1.29 is 29.0 Å². The highest BCUT2D eigenvalue weighted by Gasteiger charge is 2.29. The topological polar surface area (TPSA) is 117 Å². The lowest BCUT2D eigenvalue weighted by molar-refractivity contribution is -0.308. The van der Waals surface area contributed by atoms with Crippen LogP contribution >= 0.6 is 0 Å². The highest BCUT2D eigenvalue weighted by atomic mass is 16.6. The van der Waals surface area contributed by atoms with Crippen LogP contribution in [0.4, 0.5) is 9.59 Å². The van der Waals surface area contributed by atoms with Gasteiger partial charge in [0.1, 0.15) is 12.2 Å². The van der Waals surface area contributed by atoms with Crippen molar-refractivity contribution in [2.24, 2.45) is 0 Å². The Hall–Kier alpha value is -4.33. The Labute approximate surface area is 222 Å². The van der Waals surface area contributed by atoms with E-state index < -0.39 is 29.8 Å². The predicted octanol–water partition coefficient (Wildman–Crippen LogP) is 3.91. The molecule has 1 aliphatic carbocycles.